The maximum Gasteiger partial charge on any atom is 0.275 e. The molecule has 1 aliphatic rings. The van der Waals surface area contributed by atoms with Crippen molar-refractivity contribution in [2.75, 3.05) is 7.05 Å². The van der Waals surface area contributed by atoms with Crippen molar-refractivity contribution in [3.8, 4) is 11.1 Å². The number of hydrogen-bond donors (Lipinski definition) is 1. The standard InChI is InChI=1S/C20H19F2N3O/c1-25(15-4-2-3-5-15)20(26)19-17(22)10-14(11-24-19)13-8-12-6-7-23-18(12)16(21)9-13/h6-11,15,23H,2-5H2,1H3. The smallest absolute Gasteiger partial charge is 0.275 e. The third kappa shape index (κ3) is 2.85. The molecule has 4 rings (SSSR count). The Balaban J connectivity index is 1.65. The first-order valence-electron chi connectivity index (χ1n) is 8.74. The number of rotatable bonds is 3. The van der Waals surface area contributed by atoms with E-state index in [1.807, 2.05) is 0 Å². The second-order valence-corrected chi connectivity index (χ2v) is 6.81. The highest BCUT2D eigenvalue weighted by Gasteiger charge is 2.27. The van der Waals surface area contributed by atoms with Crippen molar-refractivity contribution in [2.45, 2.75) is 31.7 Å². The molecular weight excluding hydrogens is 336 g/mol. The Hall–Kier alpha value is -2.76. The van der Waals surface area contributed by atoms with E-state index in [1.54, 1.807) is 30.3 Å². The van der Waals surface area contributed by atoms with E-state index in [9.17, 15) is 13.6 Å². The Morgan fingerprint density at radius 3 is 2.62 bits per heavy atom. The number of fused-ring (bicyclic) bond motifs is 1. The van der Waals surface area contributed by atoms with Crippen molar-refractivity contribution in [1.29, 1.82) is 0 Å². The molecule has 1 amide bonds. The summed E-state index contributed by atoms with van der Waals surface area (Å²) in [4.78, 5) is 21.0. The molecule has 3 aromatic rings. The number of carbonyl (C=O) groups is 1. The van der Waals surface area contributed by atoms with E-state index in [0.717, 1.165) is 25.7 Å². The topological polar surface area (TPSA) is 49.0 Å². The van der Waals surface area contributed by atoms with Crippen molar-refractivity contribution in [3.63, 3.8) is 0 Å². The molecule has 0 aliphatic heterocycles. The molecule has 1 N–H and O–H groups in total. The van der Waals surface area contributed by atoms with E-state index >= 15 is 0 Å². The molecule has 26 heavy (non-hydrogen) atoms. The molecule has 1 aromatic carbocycles. The SMILES string of the molecule is CN(C(=O)c1ncc(-c2cc(F)c3[nH]ccc3c2)cc1F)C1CCCC1. The third-order valence-corrected chi connectivity index (χ3v) is 5.18. The molecule has 6 heteroatoms. The van der Waals surface area contributed by atoms with Gasteiger partial charge in [-0.15, -0.1) is 0 Å². The first-order chi connectivity index (χ1) is 12.5. The van der Waals surface area contributed by atoms with Gasteiger partial charge in [0.25, 0.3) is 5.91 Å². The zero-order chi connectivity index (χ0) is 18.3. The zero-order valence-corrected chi connectivity index (χ0v) is 14.4. The molecule has 2 heterocycles. The van der Waals surface area contributed by atoms with Crippen LogP contribution >= 0.6 is 0 Å². The van der Waals surface area contributed by atoms with E-state index in [2.05, 4.69) is 9.97 Å². The Labute approximate surface area is 149 Å². The summed E-state index contributed by atoms with van der Waals surface area (Å²) in [5, 5.41) is 0.696. The van der Waals surface area contributed by atoms with Crippen LogP contribution in [0.15, 0.2) is 36.7 Å². The van der Waals surface area contributed by atoms with Gasteiger partial charge in [0.15, 0.2) is 11.5 Å². The van der Waals surface area contributed by atoms with Crippen molar-refractivity contribution >= 4 is 16.8 Å². The summed E-state index contributed by atoms with van der Waals surface area (Å²) in [5.74, 6) is -1.51. The average Bonchev–Trinajstić information content (AvgIpc) is 3.32. The minimum atomic E-state index is -0.688. The maximum absolute atomic E-state index is 14.6. The highest BCUT2D eigenvalue weighted by molar-refractivity contribution is 5.93. The van der Waals surface area contributed by atoms with Gasteiger partial charge in [0, 0.05) is 36.4 Å². The van der Waals surface area contributed by atoms with Crippen LogP contribution in [-0.4, -0.2) is 33.9 Å². The molecule has 1 aliphatic carbocycles. The molecule has 1 fully saturated rings. The minimum absolute atomic E-state index is 0.147. The number of nitrogens with zero attached hydrogens (tertiary/aromatic N) is 2. The van der Waals surface area contributed by atoms with Crippen LogP contribution < -0.4 is 0 Å². The van der Waals surface area contributed by atoms with Gasteiger partial charge in [-0.1, -0.05) is 12.8 Å². The Morgan fingerprint density at radius 2 is 1.88 bits per heavy atom. The summed E-state index contributed by atoms with van der Waals surface area (Å²) in [6, 6.07) is 6.24. The van der Waals surface area contributed by atoms with Gasteiger partial charge in [-0.25, -0.2) is 13.8 Å². The number of pyridine rings is 1. The average molecular weight is 355 g/mol. The number of hydrogen-bond acceptors (Lipinski definition) is 2. The van der Waals surface area contributed by atoms with Crippen molar-refractivity contribution in [2.24, 2.45) is 0 Å². The number of nitrogens with one attached hydrogen (secondary N) is 1. The lowest BCUT2D eigenvalue weighted by Gasteiger charge is -2.24. The minimum Gasteiger partial charge on any atom is -0.359 e. The summed E-state index contributed by atoms with van der Waals surface area (Å²) >= 11 is 0. The Bertz CT molecular complexity index is 976. The number of halogens is 2. The van der Waals surface area contributed by atoms with Crippen LogP contribution in [-0.2, 0) is 0 Å². The highest BCUT2D eigenvalue weighted by atomic mass is 19.1. The lowest BCUT2D eigenvalue weighted by Crippen LogP contribution is -2.36. The van der Waals surface area contributed by atoms with Crippen LogP contribution in [0.5, 0.6) is 0 Å². The van der Waals surface area contributed by atoms with Crippen molar-refractivity contribution in [1.82, 2.24) is 14.9 Å². The molecule has 134 valence electrons. The van der Waals surface area contributed by atoms with Crippen LogP contribution in [0, 0.1) is 11.6 Å². The van der Waals surface area contributed by atoms with Gasteiger partial charge >= 0.3 is 0 Å². The number of H-pyrrole nitrogens is 1. The maximum atomic E-state index is 14.6. The van der Waals surface area contributed by atoms with E-state index < -0.39 is 17.5 Å². The second kappa shape index (κ2) is 6.52. The number of aromatic amines is 1. The van der Waals surface area contributed by atoms with Crippen LogP contribution in [0.3, 0.4) is 0 Å². The molecule has 0 saturated heterocycles. The number of amides is 1. The van der Waals surface area contributed by atoms with E-state index in [1.165, 1.54) is 18.3 Å². The molecule has 0 unspecified atom stereocenters. The summed E-state index contributed by atoms with van der Waals surface area (Å²) < 4.78 is 28.7. The largest absolute Gasteiger partial charge is 0.359 e. The molecule has 4 nitrogen and oxygen atoms in total. The quantitative estimate of drug-likeness (QED) is 0.751. The number of benzene rings is 1. The molecule has 0 spiro atoms. The van der Waals surface area contributed by atoms with Crippen LogP contribution in [0.1, 0.15) is 36.2 Å². The van der Waals surface area contributed by atoms with Crippen molar-refractivity contribution in [3.05, 3.63) is 54.0 Å². The first-order valence-corrected chi connectivity index (χ1v) is 8.74. The summed E-state index contributed by atoms with van der Waals surface area (Å²) in [6.45, 7) is 0. The molecule has 2 aromatic heterocycles. The predicted molar refractivity (Wildman–Crippen MR) is 95.8 cm³/mol. The Kier molecular flexibility index (Phi) is 4.18. The summed E-state index contributed by atoms with van der Waals surface area (Å²) in [7, 11) is 1.70. The van der Waals surface area contributed by atoms with Crippen LogP contribution in [0.4, 0.5) is 8.78 Å². The van der Waals surface area contributed by atoms with Gasteiger partial charge < -0.3 is 9.88 Å². The lowest BCUT2D eigenvalue weighted by atomic mass is 10.0. The van der Waals surface area contributed by atoms with Crippen LogP contribution in [0.2, 0.25) is 0 Å². The predicted octanol–water partition coefficient (Wildman–Crippen LogP) is 4.52. The molecule has 1 saturated carbocycles. The summed E-state index contributed by atoms with van der Waals surface area (Å²) in [6.07, 6.45) is 7.13. The second-order valence-electron chi connectivity index (χ2n) is 6.81. The van der Waals surface area contributed by atoms with Crippen LogP contribution in [0.25, 0.3) is 22.0 Å². The monoisotopic (exact) mass is 355 g/mol. The fourth-order valence-electron chi connectivity index (χ4n) is 3.67. The normalized spacial score (nSPS) is 14.9. The highest BCUT2D eigenvalue weighted by Crippen LogP contribution is 2.28. The van der Waals surface area contributed by atoms with Gasteiger partial charge in [-0.3, -0.25) is 4.79 Å². The molecule has 0 radical (unpaired) electrons. The van der Waals surface area contributed by atoms with Gasteiger partial charge in [0.2, 0.25) is 0 Å². The van der Waals surface area contributed by atoms with Gasteiger partial charge in [0.05, 0.1) is 5.52 Å². The summed E-state index contributed by atoms with van der Waals surface area (Å²) in [5.41, 5.74) is 1.17. The lowest BCUT2D eigenvalue weighted by molar-refractivity contribution is 0.0724. The molecule has 0 atom stereocenters. The zero-order valence-electron chi connectivity index (χ0n) is 14.4. The van der Waals surface area contributed by atoms with E-state index in [0.29, 0.717) is 22.0 Å². The first kappa shape index (κ1) is 16.7. The number of aromatic nitrogens is 2. The van der Waals surface area contributed by atoms with E-state index in [-0.39, 0.29) is 11.7 Å². The number of carbonyl (C=O) groups excluding carboxylic acids is 1. The fraction of sp³-hybridized carbons (Fsp3) is 0.300. The third-order valence-electron chi connectivity index (χ3n) is 5.18. The molecule has 0 bridgehead atoms. The van der Waals surface area contributed by atoms with Crippen molar-refractivity contribution < 1.29 is 13.6 Å². The fourth-order valence-corrected chi connectivity index (χ4v) is 3.67. The Morgan fingerprint density at radius 1 is 1.15 bits per heavy atom. The van der Waals surface area contributed by atoms with E-state index in [4.69, 9.17) is 0 Å². The van der Waals surface area contributed by atoms with Gasteiger partial charge in [-0.05, 0) is 42.7 Å². The van der Waals surface area contributed by atoms with Gasteiger partial charge in [-0.2, -0.15) is 0 Å². The molecular formula is C20H19F2N3O. The van der Waals surface area contributed by atoms with Gasteiger partial charge in [0.1, 0.15) is 5.82 Å².